The molecule has 1 aliphatic rings. The highest BCUT2D eigenvalue weighted by Gasteiger charge is 2.13. The summed E-state index contributed by atoms with van der Waals surface area (Å²) in [7, 11) is 0. The van der Waals surface area contributed by atoms with Gasteiger partial charge in [0.25, 0.3) is 0 Å². The molecule has 88 valence electrons. The Morgan fingerprint density at radius 2 is 2.00 bits per heavy atom. The van der Waals surface area contributed by atoms with Gasteiger partial charge in [-0.3, -0.25) is 0 Å². The van der Waals surface area contributed by atoms with Gasteiger partial charge in [0.15, 0.2) is 0 Å². The molecule has 0 saturated carbocycles. The van der Waals surface area contributed by atoms with E-state index in [4.69, 9.17) is 12.2 Å². The maximum Gasteiger partial charge on any atom is 0.103 e. The molecule has 16 heavy (non-hydrogen) atoms. The van der Waals surface area contributed by atoms with Gasteiger partial charge in [0, 0.05) is 5.69 Å². The number of aromatic amines is 1. The number of H-pyrrole nitrogens is 1. The molecule has 1 aliphatic carbocycles. The van der Waals surface area contributed by atoms with Gasteiger partial charge in [0.1, 0.15) is 4.64 Å². The predicted octanol–water partition coefficient (Wildman–Crippen LogP) is 4.21. The van der Waals surface area contributed by atoms with E-state index in [9.17, 15) is 0 Å². The van der Waals surface area contributed by atoms with Crippen molar-refractivity contribution in [1.82, 2.24) is 4.98 Å². The molecule has 0 aliphatic heterocycles. The second-order valence-electron chi connectivity index (χ2n) is 5.27. The minimum Gasteiger partial charge on any atom is -0.350 e. The molecule has 0 spiro atoms. The lowest BCUT2D eigenvalue weighted by atomic mass is 9.97. The maximum absolute atomic E-state index is 5.33. The number of nitrogens with one attached hydrogen (secondary N) is 1. The Labute approximate surface area is 103 Å². The summed E-state index contributed by atoms with van der Waals surface area (Å²) >= 11 is 5.33. The minimum absolute atomic E-state index is 0.695. The lowest BCUT2D eigenvalue weighted by molar-refractivity contribution is 0.626. The Balaban J connectivity index is 2.42. The Bertz CT molecular complexity index is 417. The smallest absolute Gasteiger partial charge is 0.103 e. The van der Waals surface area contributed by atoms with Gasteiger partial charge >= 0.3 is 0 Å². The highest BCUT2D eigenvalue weighted by Crippen LogP contribution is 2.24. The average molecular weight is 235 g/mol. The van der Waals surface area contributed by atoms with Crippen LogP contribution in [0.15, 0.2) is 6.07 Å². The van der Waals surface area contributed by atoms with Crippen LogP contribution >= 0.6 is 12.2 Å². The van der Waals surface area contributed by atoms with Crippen molar-refractivity contribution in [2.24, 2.45) is 5.92 Å². The molecule has 0 atom stereocenters. The zero-order valence-electron chi connectivity index (χ0n) is 10.3. The summed E-state index contributed by atoms with van der Waals surface area (Å²) in [5.74, 6) is 0.695. The molecule has 0 radical (unpaired) electrons. The summed E-state index contributed by atoms with van der Waals surface area (Å²) in [6.45, 7) is 4.54. The normalized spacial score (nSPS) is 15.9. The number of rotatable bonds is 2. The SMILES string of the molecule is CC(C)Cc1[nH]c(=S)cc2c1CCCCC2. The number of aryl methyl sites for hydroxylation is 1. The fourth-order valence-corrected chi connectivity index (χ4v) is 2.88. The summed E-state index contributed by atoms with van der Waals surface area (Å²) in [4.78, 5) is 3.41. The van der Waals surface area contributed by atoms with E-state index < -0.39 is 0 Å². The van der Waals surface area contributed by atoms with E-state index in [0.29, 0.717) is 5.92 Å². The second-order valence-corrected chi connectivity index (χ2v) is 5.71. The van der Waals surface area contributed by atoms with Gasteiger partial charge in [-0.25, -0.2) is 0 Å². The lowest BCUT2D eigenvalue weighted by Gasteiger charge is -2.14. The van der Waals surface area contributed by atoms with E-state index in [2.05, 4.69) is 24.9 Å². The number of aromatic nitrogens is 1. The molecule has 1 aromatic rings. The minimum atomic E-state index is 0.695. The van der Waals surface area contributed by atoms with Crippen LogP contribution in [0.2, 0.25) is 0 Å². The van der Waals surface area contributed by atoms with E-state index in [1.54, 1.807) is 5.56 Å². The molecule has 1 aromatic heterocycles. The van der Waals surface area contributed by atoms with Crippen LogP contribution in [0, 0.1) is 10.6 Å². The van der Waals surface area contributed by atoms with Crippen molar-refractivity contribution < 1.29 is 0 Å². The Morgan fingerprint density at radius 3 is 2.75 bits per heavy atom. The third-order valence-electron chi connectivity index (χ3n) is 3.32. The molecule has 1 heterocycles. The molecule has 0 amide bonds. The molecule has 2 heteroatoms. The summed E-state index contributed by atoms with van der Waals surface area (Å²) in [5, 5.41) is 0. The summed E-state index contributed by atoms with van der Waals surface area (Å²) < 4.78 is 0.913. The average Bonchev–Trinajstić information content (AvgIpc) is 2.41. The van der Waals surface area contributed by atoms with Crippen LogP contribution in [0.1, 0.15) is 49.9 Å². The number of hydrogen-bond donors (Lipinski definition) is 1. The quantitative estimate of drug-likeness (QED) is 0.599. The van der Waals surface area contributed by atoms with Gasteiger partial charge < -0.3 is 4.98 Å². The van der Waals surface area contributed by atoms with Crippen molar-refractivity contribution >= 4 is 12.2 Å². The maximum atomic E-state index is 5.33. The monoisotopic (exact) mass is 235 g/mol. The predicted molar refractivity (Wildman–Crippen MR) is 71.4 cm³/mol. The second kappa shape index (κ2) is 5.13. The Kier molecular flexibility index (Phi) is 3.80. The van der Waals surface area contributed by atoms with Gasteiger partial charge in [0.2, 0.25) is 0 Å². The zero-order chi connectivity index (χ0) is 11.5. The van der Waals surface area contributed by atoms with Crippen LogP contribution in [0.4, 0.5) is 0 Å². The topological polar surface area (TPSA) is 15.8 Å². The highest BCUT2D eigenvalue weighted by molar-refractivity contribution is 7.71. The lowest BCUT2D eigenvalue weighted by Crippen LogP contribution is -2.05. The molecule has 0 fully saturated rings. The molecule has 1 nitrogen and oxygen atoms in total. The summed E-state index contributed by atoms with van der Waals surface area (Å²) in [5.41, 5.74) is 4.48. The van der Waals surface area contributed by atoms with Gasteiger partial charge in [0.05, 0.1) is 0 Å². The van der Waals surface area contributed by atoms with Crippen molar-refractivity contribution in [1.29, 1.82) is 0 Å². The van der Waals surface area contributed by atoms with E-state index in [0.717, 1.165) is 11.1 Å². The zero-order valence-corrected chi connectivity index (χ0v) is 11.1. The van der Waals surface area contributed by atoms with E-state index in [1.165, 1.54) is 43.4 Å². The summed E-state index contributed by atoms with van der Waals surface area (Å²) in [6, 6.07) is 2.18. The number of pyridine rings is 1. The largest absolute Gasteiger partial charge is 0.350 e. The molecule has 0 bridgehead atoms. The van der Waals surface area contributed by atoms with Gasteiger partial charge in [-0.05, 0) is 55.2 Å². The van der Waals surface area contributed by atoms with Crippen LogP contribution in [-0.4, -0.2) is 4.98 Å². The molecule has 1 N–H and O–H groups in total. The molecule has 0 aromatic carbocycles. The van der Waals surface area contributed by atoms with Crippen molar-refractivity contribution in [2.45, 2.75) is 52.4 Å². The Morgan fingerprint density at radius 1 is 1.25 bits per heavy atom. The first-order valence-electron chi connectivity index (χ1n) is 6.41. The first-order chi connectivity index (χ1) is 7.66. The highest BCUT2D eigenvalue weighted by atomic mass is 32.1. The molecule has 0 saturated heterocycles. The fourth-order valence-electron chi connectivity index (χ4n) is 2.61. The van der Waals surface area contributed by atoms with Crippen molar-refractivity contribution in [2.75, 3.05) is 0 Å². The van der Waals surface area contributed by atoms with Crippen molar-refractivity contribution in [3.63, 3.8) is 0 Å². The van der Waals surface area contributed by atoms with Crippen LogP contribution in [0.25, 0.3) is 0 Å². The van der Waals surface area contributed by atoms with Crippen LogP contribution < -0.4 is 0 Å². The third-order valence-corrected chi connectivity index (χ3v) is 3.54. The van der Waals surface area contributed by atoms with E-state index in [-0.39, 0.29) is 0 Å². The Hall–Kier alpha value is -0.630. The fraction of sp³-hybridized carbons (Fsp3) is 0.643. The molecular formula is C14H21NS. The van der Waals surface area contributed by atoms with Crippen LogP contribution in [-0.2, 0) is 19.3 Å². The number of fused-ring (bicyclic) bond motifs is 1. The van der Waals surface area contributed by atoms with Crippen molar-refractivity contribution in [3.05, 3.63) is 27.5 Å². The van der Waals surface area contributed by atoms with Crippen LogP contribution in [0.3, 0.4) is 0 Å². The van der Waals surface area contributed by atoms with Crippen LogP contribution in [0.5, 0.6) is 0 Å². The first-order valence-corrected chi connectivity index (χ1v) is 6.81. The van der Waals surface area contributed by atoms with Crippen molar-refractivity contribution in [3.8, 4) is 0 Å². The van der Waals surface area contributed by atoms with Gasteiger partial charge in [-0.15, -0.1) is 0 Å². The van der Waals surface area contributed by atoms with Gasteiger partial charge in [-0.1, -0.05) is 32.5 Å². The van der Waals surface area contributed by atoms with Gasteiger partial charge in [-0.2, -0.15) is 0 Å². The number of hydrogen-bond acceptors (Lipinski definition) is 1. The molecular weight excluding hydrogens is 214 g/mol. The van der Waals surface area contributed by atoms with E-state index in [1.807, 2.05) is 0 Å². The van der Waals surface area contributed by atoms with E-state index >= 15 is 0 Å². The molecule has 2 rings (SSSR count). The standard InChI is InChI=1S/C14H21NS/c1-10(2)8-13-12-7-5-3-4-6-11(12)9-14(16)15-13/h9-10H,3-8H2,1-2H3,(H,15,16). The third kappa shape index (κ3) is 2.73. The molecule has 0 unspecified atom stereocenters. The first kappa shape index (κ1) is 11.8. The summed E-state index contributed by atoms with van der Waals surface area (Å²) in [6.07, 6.45) is 7.62.